The van der Waals surface area contributed by atoms with Gasteiger partial charge in [-0.25, -0.2) is 0 Å². The van der Waals surface area contributed by atoms with Gasteiger partial charge in [0, 0.05) is 17.8 Å². The largest absolute Gasteiger partial charge is 0.381 e. The van der Waals surface area contributed by atoms with Crippen molar-refractivity contribution in [3.63, 3.8) is 0 Å². The first-order chi connectivity index (χ1) is 9.47. The van der Waals surface area contributed by atoms with Crippen LogP contribution in [-0.2, 0) is 6.54 Å². The van der Waals surface area contributed by atoms with Crippen molar-refractivity contribution in [1.29, 1.82) is 0 Å². The summed E-state index contributed by atoms with van der Waals surface area (Å²) in [6.07, 6.45) is 0. The zero-order valence-corrected chi connectivity index (χ0v) is 12.2. The molecule has 2 aromatic rings. The van der Waals surface area contributed by atoms with Crippen molar-refractivity contribution in [3.05, 3.63) is 64.2 Å². The second kappa shape index (κ2) is 5.78. The number of hydrogen-bond acceptors (Lipinski definition) is 2. The second-order valence-electron chi connectivity index (χ2n) is 5.19. The number of carbonyl (C=O) groups excluding carboxylic acids is 1. The minimum Gasteiger partial charge on any atom is -0.381 e. The third kappa shape index (κ3) is 3.18. The maximum atomic E-state index is 11.3. The van der Waals surface area contributed by atoms with Gasteiger partial charge in [0.15, 0.2) is 0 Å². The third-order valence-corrected chi connectivity index (χ3v) is 3.36. The number of aryl methyl sites for hydroxylation is 2. The fourth-order valence-corrected chi connectivity index (χ4v) is 2.46. The smallest absolute Gasteiger partial charge is 0.249 e. The lowest BCUT2D eigenvalue weighted by Crippen LogP contribution is -2.14. The van der Waals surface area contributed by atoms with Gasteiger partial charge in [0.2, 0.25) is 5.91 Å². The van der Waals surface area contributed by atoms with Gasteiger partial charge in [-0.05, 0) is 44.0 Å². The van der Waals surface area contributed by atoms with Gasteiger partial charge in [-0.3, -0.25) is 4.79 Å². The van der Waals surface area contributed by atoms with E-state index in [0.29, 0.717) is 5.56 Å². The van der Waals surface area contributed by atoms with Crippen molar-refractivity contribution in [2.45, 2.75) is 27.3 Å². The minimum absolute atomic E-state index is 0.391. The van der Waals surface area contributed by atoms with Crippen molar-refractivity contribution >= 4 is 11.6 Å². The van der Waals surface area contributed by atoms with Crippen LogP contribution in [0.15, 0.2) is 36.4 Å². The molecule has 0 heterocycles. The number of nitrogens with two attached hydrogens (primary N) is 1. The second-order valence-corrected chi connectivity index (χ2v) is 5.19. The zero-order valence-electron chi connectivity index (χ0n) is 12.2. The first-order valence-electron chi connectivity index (χ1n) is 6.68. The van der Waals surface area contributed by atoms with Gasteiger partial charge in [0.25, 0.3) is 0 Å². The van der Waals surface area contributed by atoms with Crippen molar-refractivity contribution in [3.8, 4) is 0 Å². The molecule has 0 aliphatic carbocycles. The standard InChI is InChI=1S/C17H20N2O/c1-11-7-12(2)9-14(8-11)10-19-16-6-4-5-15(13(16)3)17(18)20/h4-9,19H,10H2,1-3H3,(H2,18,20). The molecule has 0 bridgehead atoms. The molecule has 2 aromatic carbocycles. The van der Waals surface area contributed by atoms with E-state index in [4.69, 9.17) is 5.73 Å². The number of anilines is 1. The molecule has 104 valence electrons. The number of rotatable bonds is 4. The lowest BCUT2D eigenvalue weighted by atomic mass is 10.0. The molecule has 0 radical (unpaired) electrons. The van der Waals surface area contributed by atoms with Crippen LogP contribution in [0.4, 0.5) is 5.69 Å². The highest BCUT2D eigenvalue weighted by Gasteiger charge is 2.08. The molecule has 0 aliphatic rings. The lowest BCUT2D eigenvalue weighted by molar-refractivity contribution is 0.1000. The van der Waals surface area contributed by atoms with Crippen LogP contribution < -0.4 is 11.1 Å². The molecule has 0 saturated carbocycles. The van der Waals surface area contributed by atoms with E-state index in [1.807, 2.05) is 19.1 Å². The van der Waals surface area contributed by atoms with Gasteiger partial charge < -0.3 is 11.1 Å². The van der Waals surface area contributed by atoms with Gasteiger partial charge in [-0.15, -0.1) is 0 Å². The third-order valence-electron chi connectivity index (χ3n) is 3.36. The van der Waals surface area contributed by atoms with E-state index in [1.54, 1.807) is 6.07 Å². The molecule has 20 heavy (non-hydrogen) atoms. The number of primary amides is 1. The van der Waals surface area contributed by atoms with Gasteiger partial charge in [0.05, 0.1) is 0 Å². The molecule has 0 fully saturated rings. The van der Waals surface area contributed by atoms with Crippen molar-refractivity contribution in [2.24, 2.45) is 5.73 Å². The SMILES string of the molecule is Cc1cc(C)cc(CNc2cccc(C(N)=O)c2C)c1. The molecular formula is C17H20N2O. The summed E-state index contributed by atoms with van der Waals surface area (Å²) in [4.78, 5) is 11.3. The lowest BCUT2D eigenvalue weighted by Gasteiger charge is -2.12. The van der Waals surface area contributed by atoms with E-state index < -0.39 is 5.91 Å². The Morgan fingerprint density at radius 1 is 1.10 bits per heavy atom. The maximum absolute atomic E-state index is 11.3. The molecule has 0 aliphatic heterocycles. The van der Waals surface area contributed by atoms with Crippen molar-refractivity contribution < 1.29 is 4.79 Å². The fourth-order valence-electron chi connectivity index (χ4n) is 2.46. The van der Waals surface area contributed by atoms with Gasteiger partial charge in [-0.1, -0.05) is 35.4 Å². The van der Waals surface area contributed by atoms with Crippen molar-refractivity contribution in [2.75, 3.05) is 5.32 Å². The first-order valence-corrected chi connectivity index (χ1v) is 6.68. The summed E-state index contributed by atoms with van der Waals surface area (Å²) in [7, 11) is 0. The molecular weight excluding hydrogens is 248 g/mol. The van der Waals surface area contributed by atoms with Crippen LogP contribution in [0.25, 0.3) is 0 Å². The summed E-state index contributed by atoms with van der Waals surface area (Å²) in [6.45, 7) is 6.82. The summed E-state index contributed by atoms with van der Waals surface area (Å²) < 4.78 is 0. The molecule has 0 atom stereocenters. The highest BCUT2D eigenvalue weighted by atomic mass is 16.1. The van der Waals surface area contributed by atoms with Crippen LogP contribution in [-0.4, -0.2) is 5.91 Å². The molecule has 0 spiro atoms. The molecule has 2 rings (SSSR count). The Hall–Kier alpha value is -2.29. The minimum atomic E-state index is -0.391. The molecule has 3 nitrogen and oxygen atoms in total. The molecule has 1 amide bonds. The predicted octanol–water partition coefficient (Wildman–Crippen LogP) is 3.32. The number of amides is 1. The van der Waals surface area contributed by atoms with E-state index in [9.17, 15) is 4.79 Å². The topological polar surface area (TPSA) is 55.1 Å². The highest BCUT2D eigenvalue weighted by Crippen LogP contribution is 2.20. The average Bonchev–Trinajstić information content (AvgIpc) is 2.36. The average molecular weight is 268 g/mol. The van der Waals surface area contributed by atoms with Crippen LogP contribution in [0, 0.1) is 20.8 Å². The predicted molar refractivity (Wildman–Crippen MR) is 82.9 cm³/mol. The monoisotopic (exact) mass is 268 g/mol. The Bertz CT molecular complexity index is 627. The Labute approximate surface area is 119 Å². The van der Waals surface area contributed by atoms with E-state index in [0.717, 1.165) is 17.8 Å². The van der Waals surface area contributed by atoms with Gasteiger partial charge >= 0.3 is 0 Å². The normalized spacial score (nSPS) is 10.3. The number of nitrogens with one attached hydrogen (secondary N) is 1. The number of carbonyl (C=O) groups is 1. The van der Waals surface area contributed by atoms with Crippen LogP contribution in [0.5, 0.6) is 0 Å². The van der Waals surface area contributed by atoms with Gasteiger partial charge in [-0.2, -0.15) is 0 Å². The van der Waals surface area contributed by atoms with E-state index >= 15 is 0 Å². The Balaban J connectivity index is 2.19. The highest BCUT2D eigenvalue weighted by molar-refractivity contribution is 5.95. The maximum Gasteiger partial charge on any atom is 0.249 e. The van der Waals surface area contributed by atoms with Crippen molar-refractivity contribution in [1.82, 2.24) is 0 Å². The van der Waals surface area contributed by atoms with Crippen LogP contribution >= 0.6 is 0 Å². The molecule has 0 aromatic heterocycles. The van der Waals surface area contributed by atoms with Crippen LogP contribution in [0.2, 0.25) is 0 Å². The van der Waals surface area contributed by atoms with E-state index in [-0.39, 0.29) is 0 Å². The molecule has 0 saturated heterocycles. The molecule has 0 unspecified atom stereocenters. The molecule has 3 heteroatoms. The van der Waals surface area contributed by atoms with Crippen LogP contribution in [0.3, 0.4) is 0 Å². The summed E-state index contributed by atoms with van der Waals surface area (Å²) in [6, 6.07) is 12.0. The first kappa shape index (κ1) is 14.1. The number of hydrogen-bond donors (Lipinski definition) is 2. The van der Waals surface area contributed by atoms with E-state index in [2.05, 4.69) is 37.4 Å². The van der Waals surface area contributed by atoms with Crippen LogP contribution in [0.1, 0.15) is 32.6 Å². The quantitative estimate of drug-likeness (QED) is 0.893. The summed E-state index contributed by atoms with van der Waals surface area (Å²) in [5.74, 6) is -0.391. The summed E-state index contributed by atoms with van der Waals surface area (Å²) in [5, 5.41) is 3.37. The van der Waals surface area contributed by atoms with Gasteiger partial charge in [0.1, 0.15) is 0 Å². The van der Waals surface area contributed by atoms with E-state index in [1.165, 1.54) is 16.7 Å². The number of benzene rings is 2. The molecule has 3 N–H and O–H groups in total. The summed E-state index contributed by atoms with van der Waals surface area (Å²) in [5.41, 5.74) is 11.5. The Morgan fingerprint density at radius 3 is 2.35 bits per heavy atom. The summed E-state index contributed by atoms with van der Waals surface area (Å²) >= 11 is 0. The Morgan fingerprint density at radius 2 is 1.75 bits per heavy atom. The fraction of sp³-hybridized carbons (Fsp3) is 0.235. The zero-order chi connectivity index (χ0) is 14.7. The Kier molecular flexibility index (Phi) is 4.08.